The van der Waals surface area contributed by atoms with Gasteiger partial charge in [0.2, 0.25) is 0 Å². The van der Waals surface area contributed by atoms with Crippen molar-refractivity contribution in [2.75, 3.05) is 13.2 Å². The van der Waals surface area contributed by atoms with E-state index in [9.17, 15) is 0 Å². The summed E-state index contributed by atoms with van der Waals surface area (Å²) in [6.07, 6.45) is 1.70. The van der Waals surface area contributed by atoms with Crippen molar-refractivity contribution < 1.29 is 10.2 Å². The highest BCUT2D eigenvalue weighted by atomic mass is 79.9. The average molecular weight is 340 g/mol. The van der Waals surface area contributed by atoms with Crippen LogP contribution >= 0.6 is 31.9 Å². The SMILES string of the molecule is OCC(CO)NCc1ncc(Br)cc1Br. The molecule has 0 radical (unpaired) electrons. The number of pyridine rings is 1. The maximum atomic E-state index is 8.86. The third-order valence-electron chi connectivity index (χ3n) is 1.88. The Morgan fingerprint density at radius 2 is 2.00 bits per heavy atom. The molecule has 1 heterocycles. The fourth-order valence-corrected chi connectivity index (χ4v) is 2.13. The Kier molecular flexibility index (Phi) is 5.70. The molecule has 0 aliphatic rings. The normalized spacial score (nSPS) is 11.0. The van der Waals surface area contributed by atoms with Crippen LogP contribution in [-0.2, 0) is 6.54 Å². The summed E-state index contributed by atoms with van der Waals surface area (Å²) >= 11 is 6.69. The van der Waals surface area contributed by atoms with E-state index in [1.807, 2.05) is 6.07 Å². The summed E-state index contributed by atoms with van der Waals surface area (Å²) < 4.78 is 1.79. The highest BCUT2D eigenvalue weighted by Crippen LogP contribution is 2.19. The third kappa shape index (κ3) is 4.16. The molecule has 0 atom stereocenters. The molecule has 84 valence electrons. The number of aliphatic hydroxyl groups is 2. The molecule has 15 heavy (non-hydrogen) atoms. The van der Waals surface area contributed by atoms with Crippen LogP contribution in [0.5, 0.6) is 0 Å². The molecule has 0 saturated heterocycles. The van der Waals surface area contributed by atoms with Crippen molar-refractivity contribution in [2.45, 2.75) is 12.6 Å². The van der Waals surface area contributed by atoms with Crippen LogP contribution in [0, 0.1) is 0 Å². The van der Waals surface area contributed by atoms with Crippen LogP contribution < -0.4 is 5.32 Å². The van der Waals surface area contributed by atoms with Gasteiger partial charge in [-0.1, -0.05) is 0 Å². The van der Waals surface area contributed by atoms with Crippen LogP contribution in [-0.4, -0.2) is 34.5 Å². The molecule has 1 rings (SSSR count). The number of rotatable bonds is 5. The number of nitrogens with one attached hydrogen (secondary N) is 1. The summed E-state index contributed by atoms with van der Waals surface area (Å²) in [6, 6.07) is 1.60. The van der Waals surface area contributed by atoms with Gasteiger partial charge in [0.05, 0.1) is 24.9 Å². The first-order chi connectivity index (χ1) is 7.17. The lowest BCUT2D eigenvalue weighted by atomic mass is 10.3. The molecule has 0 aromatic carbocycles. The van der Waals surface area contributed by atoms with Gasteiger partial charge in [-0.2, -0.15) is 0 Å². The second-order valence-corrected chi connectivity index (χ2v) is 4.80. The van der Waals surface area contributed by atoms with Gasteiger partial charge in [-0.25, -0.2) is 0 Å². The first kappa shape index (κ1) is 13.1. The number of aliphatic hydroxyl groups excluding tert-OH is 2. The molecule has 0 aliphatic heterocycles. The smallest absolute Gasteiger partial charge is 0.0684 e. The van der Waals surface area contributed by atoms with Gasteiger partial charge >= 0.3 is 0 Å². The predicted molar refractivity (Wildman–Crippen MR) is 64.4 cm³/mol. The Bertz CT molecular complexity index is 319. The van der Waals surface area contributed by atoms with Crippen molar-refractivity contribution in [2.24, 2.45) is 0 Å². The minimum atomic E-state index is -0.303. The summed E-state index contributed by atoms with van der Waals surface area (Å²) in [5, 5.41) is 20.7. The third-order valence-corrected chi connectivity index (χ3v) is 3.00. The highest BCUT2D eigenvalue weighted by Gasteiger charge is 2.07. The lowest BCUT2D eigenvalue weighted by Crippen LogP contribution is -2.35. The molecule has 1 aromatic heterocycles. The Morgan fingerprint density at radius 1 is 1.33 bits per heavy atom. The fraction of sp³-hybridized carbons (Fsp3) is 0.444. The van der Waals surface area contributed by atoms with Crippen molar-refractivity contribution in [3.63, 3.8) is 0 Å². The minimum absolute atomic E-state index is 0.0926. The van der Waals surface area contributed by atoms with Crippen molar-refractivity contribution in [1.82, 2.24) is 10.3 Å². The number of halogens is 2. The number of aromatic nitrogens is 1. The maximum absolute atomic E-state index is 8.86. The van der Waals surface area contributed by atoms with Crippen LogP contribution in [0.4, 0.5) is 0 Å². The van der Waals surface area contributed by atoms with Crippen molar-refractivity contribution >= 4 is 31.9 Å². The van der Waals surface area contributed by atoms with Gasteiger partial charge in [-0.15, -0.1) is 0 Å². The summed E-state index contributed by atoms with van der Waals surface area (Å²) in [5.74, 6) is 0. The summed E-state index contributed by atoms with van der Waals surface area (Å²) in [4.78, 5) is 4.20. The standard InChI is InChI=1S/C9H12Br2N2O2/c10-6-1-8(11)9(13-2-6)3-12-7(4-14)5-15/h1-2,7,12,14-15H,3-5H2. The molecule has 0 bridgehead atoms. The number of nitrogens with zero attached hydrogens (tertiary/aromatic N) is 1. The van der Waals surface area contributed by atoms with E-state index >= 15 is 0 Å². The Balaban J connectivity index is 2.57. The Morgan fingerprint density at radius 3 is 2.53 bits per heavy atom. The average Bonchev–Trinajstić information content (AvgIpc) is 2.22. The van der Waals surface area contributed by atoms with Crippen molar-refractivity contribution in [3.8, 4) is 0 Å². The van der Waals surface area contributed by atoms with E-state index in [-0.39, 0.29) is 19.3 Å². The lowest BCUT2D eigenvalue weighted by molar-refractivity contribution is 0.170. The van der Waals surface area contributed by atoms with Crippen LogP contribution in [0.3, 0.4) is 0 Å². The van der Waals surface area contributed by atoms with Gasteiger partial charge in [0.25, 0.3) is 0 Å². The molecule has 1 aromatic rings. The lowest BCUT2D eigenvalue weighted by Gasteiger charge is -2.13. The topological polar surface area (TPSA) is 65.4 Å². The fourth-order valence-electron chi connectivity index (χ4n) is 1.00. The monoisotopic (exact) mass is 338 g/mol. The largest absolute Gasteiger partial charge is 0.395 e. The quantitative estimate of drug-likeness (QED) is 0.750. The van der Waals surface area contributed by atoms with Gasteiger partial charge in [0.1, 0.15) is 0 Å². The van der Waals surface area contributed by atoms with Crippen LogP contribution in [0.15, 0.2) is 21.2 Å². The van der Waals surface area contributed by atoms with E-state index in [0.717, 1.165) is 14.6 Å². The molecule has 6 heteroatoms. The van der Waals surface area contributed by atoms with E-state index in [1.165, 1.54) is 0 Å². The summed E-state index contributed by atoms with van der Waals surface area (Å²) in [5.41, 5.74) is 0.838. The van der Waals surface area contributed by atoms with Crippen LogP contribution in [0.25, 0.3) is 0 Å². The first-order valence-corrected chi connectivity index (χ1v) is 6.01. The summed E-state index contributed by atoms with van der Waals surface area (Å²) in [6.45, 7) is 0.314. The highest BCUT2D eigenvalue weighted by molar-refractivity contribution is 9.11. The summed E-state index contributed by atoms with van der Waals surface area (Å²) in [7, 11) is 0. The van der Waals surface area contributed by atoms with E-state index in [0.29, 0.717) is 6.54 Å². The molecule has 3 N–H and O–H groups in total. The molecular formula is C9H12Br2N2O2. The number of hydrogen-bond donors (Lipinski definition) is 3. The molecule has 0 unspecified atom stereocenters. The van der Waals surface area contributed by atoms with E-state index in [4.69, 9.17) is 10.2 Å². The van der Waals surface area contributed by atoms with Gasteiger partial charge < -0.3 is 15.5 Å². The van der Waals surface area contributed by atoms with E-state index in [2.05, 4.69) is 42.2 Å². The molecule has 0 spiro atoms. The van der Waals surface area contributed by atoms with Crippen molar-refractivity contribution in [1.29, 1.82) is 0 Å². The molecule has 4 nitrogen and oxygen atoms in total. The zero-order valence-corrected chi connectivity index (χ0v) is 11.1. The Hall–Kier alpha value is -0.0100. The Labute approximate surface area is 105 Å². The zero-order valence-electron chi connectivity index (χ0n) is 7.95. The second kappa shape index (κ2) is 6.55. The predicted octanol–water partition coefficient (Wildman–Crippen LogP) is 1.05. The zero-order chi connectivity index (χ0) is 11.3. The van der Waals surface area contributed by atoms with Gasteiger partial charge in [0.15, 0.2) is 0 Å². The molecule has 0 fully saturated rings. The van der Waals surface area contributed by atoms with E-state index in [1.54, 1.807) is 6.20 Å². The number of hydrogen-bond acceptors (Lipinski definition) is 4. The van der Waals surface area contributed by atoms with Gasteiger partial charge in [0, 0.05) is 21.7 Å². The van der Waals surface area contributed by atoms with Gasteiger partial charge in [-0.05, 0) is 37.9 Å². The van der Waals surface area contributed by atoms with Gasteiger partial charge in [-0.3, -0.25) is 4.98 Å². The molecular weight excluding hydrogens is 328 g/mol. The first-order valence-electron chi connectivity index (χ1n) is 4.42. The molecule has 0 aliphatic carbocycles. The minimum Gasteiger partial charge on any atom is -0.395 e. The second-order valence-electron chi connectivity index (χ2n) is 3.03. The van der Waals surface area contributed by atoms with E-state index < -0.39 is 0 Å². The van der Waals surface area contributed by atoms with Crippen LogP contribution in [0.2, 0.25) is 0 Å². The van der Waals surface area contributed by atoms with Crippen LogP contribution in [0.1, 0.15) is 5.69 Å². The maximum Gasteiger partial charge on any atom is 0.0684 e. The molecule has 0 saturated carbocycles. The molecule has 0 amide bonds. The van der Waals surface area contributed by atoms with Crippen molar-refractivity contribution in [3.05, 3.63) is 26.9 Å².